The van der Waals surface area contributed by atoms with Crippen molar-refractivity contribution in [3.05, 3.63) is 16.3 Å². The average Bonchev–Trinajstić information content (AvgIpc) is 2.56. The molecule has 0 atom stereocenters. The van der Waals surface area contributed by atoms with E-state index >= 15 is 0 Å². The summed E-state index contributed by atoms with van der Waals surface area (Å²) in [5.41, 5.74) is 0.0164. The molecule has 2 N–H and O–H groups in total. The lowest BCUT2D eigenvalue weighted by atomic mass is 9.92. The van der Waals surface area contributed by atoms with Crippen LogP contribution < -0.4 is 5.14 Å². The fraction of sp³-hybridized carbons (Fsp3) is 0.667. The van der Waals surface area contributed by atoms with E-state index in [2.05, 4.69) is 5.10 Å². The number of primary sulfonamides is 1. The van der Waals surface area contributed by atoms with Crippen molar-refractivity contribution in [3.8, 4) is 0 Å². The molecule has 1 heterocycles. The summed E-state index contributed by atoms with van der Waals surface area (Å²) in [4.78, 5) is 9.28. The van der Waals surface area contributed by atoms with E-state index in [1.54, 1.807) is 0 Å². The van der Waals surface area contributed by atoms with E-state index in [9.17, 15) is 18.5 Å². The predicted octanol–water partition coefficient (Wildman–Crippen LogP) is 0.875. The maximum absolute atomic E-state index is 11.2. The predicted molar refractivity (Wildman–Crippen MR) is 64.3 cm³/mol. The smallest absolute Gasteiger partial charge is 0.358 e. The monoisotopic (exact) mass is 276 g/mol. The van der Waals surface area contributed by atoms with Gasteiger partial charge in [-0.05, 0) is 16.8 Å². The quantitative estimate of drug-likeness (QED) is 0.646. The lowest BCUT2D eigenvalue weighted by molar-refractivity contribution is -0.392. The number of sulfonamides is 1. The molecule has 1 aromatic rings. The summed E-state index contributed by atoms with van der Waals surface area (Å²) in [5.74, 6) is -0.730. The third kappa shape index (κ3) is 3.77. The summed E-state index contributed by atoms with van der Waals surface area (Å²) in [6.07, 6.45) is 1.80. The third-order valence-corrected chi connectivity index (χ3v) is 3.18. The number of nitrogens with two attached hydrogens (primary N) is 1. The molecule has 102 valence electrons. The Morgan fingerprint density at radius 3 is 2.39 bits per heavy atom. The van der Waals surface area contributed by atoms with E-state index in [1.165, 1.54) is 4.68 Å². The third-order valence-electron chi connectivity index (χ3n) is 2.28. The van der Waals surface area contributed by atoms with Crippen LogP contribution >= 0.6 is 0 Å². The second-order valence-corrected chi connectivity index (χ2v) is 6.72. The summed E-state index contributed by atoms with van der Waals surface area (Å²) >= 11 is 0. The normalized spacial score (nSPS) is 12.7. The van der Waals surface area contributed by atoms with Gasteiger partial charge in [-0.15, -0.1) is 0 Å². The lowest BCUT2D eigenvalue weighted by Gasteiger charge is -2.16. The number of nitrogens with zero attached hydrogens (tertiary/aromatic N) is 3. The SMILES string of the molecule is CC(C)(C)CCn1cc(S(N)(=O)=O)c([N+](=O)[O-])n1. The Kier molecular flexibility index (Phi) is 3.77. The van der Waals surface area contributed by atoms with Gasteiger partial charge in [-0.1, -0.05) is 20.8 Å². The molecule has 9 heteroatoms. The zero-order valence-corrected chi connectivity index (χ0v) is 11.3. The van der Waals surface area contributed by atoms with Crippen molar-refractivity contribution in [2.24, 2.45) is 10.6 Å². The molecule has 0 bridgehead atoms. The van der Waals surface area contributed by atoms with Crippen molar-refractivity contribution >= 4 is 15.8 Å². The van der Waals surface area contributed by atoms with Crippen LogP contribution in [0.4, 0.5) is 5.82 Å². The summed E-state index contributed by atoms with van der Waals surface area (Å²) in [7, 11) is -4.14. The van der Waals surface area contributed by atoms with Gasteiger partial charge >= 0.3 is 5.82 Å². The van der Waals surface area contributed by atoms with Crippen LogP contribution in [0.5, 0.6) is 0 Å². The fourth-order valence-electron chi connectivity index (χ4n) is 1.28. The van der Waals surface area contributed by atoms with E-state index in [0.29, 0.717) is 13.0 Å². The number of nitro groups is 1. The van der Waals surface area contributed by atoms with Gasteiger partial charge in [0.1, 0.15) is 0 Å². The standard InChI is InChI=1S/C9H16N4O4S/c1-9(2,3)4-5-12-6-7(18(10,16)17)8(11-12)13(14)15/h6H,4-5H2,1-3H3,(H2,10,16,17). The lowest BCUT2D eigenvalue weighted by Crippen LogP contribution is -2.13. The van der Waals surface area contributed by atoms with Crippen LogP contribution in [-0.2, 0) is 16.6 Å². The fourth-order valence-corrected chi connectivity index (χ4v) is 1.92. The molecule has 1 aromatic heterocycles. The number of aryl methyl sites for hydroxylation is 1. The van der Waals surface area contributed by atoms with E-state index in [0.717, 1.165) is 6.20 Å². The van der Waals surface area contributed by atoms with Crippen LogP contribution in [0.15, 0.2) is 11.1 Å². The summed E-state index contributed by atoms with van der Waals surface area (Å²) in [5, 5.41) is 19.2. The van der Waals surface area contributed by atoms with Crippen molar-refractivity contribution < 1.29 is 13.3 Å². The Hall–Kier alpha value is -1.48. The first-order valence-electron chi connectivity index (χ1n) is 5.25. The molecule has 8 nitrogen and oxygen atoms in total. The highest BCUT2D eigenvalue weighted by molar-refractivity contribution is 7.89. The summed E-state index contributed by atoms with van der Waals surface area (Å²) in [6, 6.07) is 0. The zero-order chi connectivity index (χ0) is 14.1. The van der Waals surface area contributed by atoms with Gasteiger partial charge in [0.2, 0.25) is 14.9 Å². The zero-order valence-electron chi connectivity index (χ0n) is 10.5. The first-order valence-corrected chi connectivity index (χ1v) is 6.80. The highest BCUT2D eigenvalue weighted by Gasteiger charge is 2.29. The van der Waals surface area contributed by atoms with Crippen LogP contribution in [0.2, 0.25) is 0 Å². The van der Waals surface area contributed by atoms with Crippen LogP contribution in [0.3, 0.4) is 0 Å². The second-order valence-electron chi connectivity index (χ2n) is 5.19. The first kappa shape index (κ1) is 14.6. The highest BCUT2D eigenvalue weighted by atomic mass is 32.2. The number of aromatic nitrogens is 2. The van der Waals surface area contributed by atoms with Gasteiger partial charge in [0.15, 0.2) is 0 Å². The molecule has 0 spiro atoms. The Morgan fingerprint density at radius 2 is 2.06 bits per heavy atom. The Balaban J connectivity index is 3.08. The summed E-state index contributed by atoms with van der Waals surface area (Å²) < 4.78 is 23.6. The van der Waals surface area contributed by atoms with Crippen LogP contribution in [-0.4, -0.2) is 23.1 Å². The highest BCUT2D eigenvalue weighted by Crippen LogP contribution is 2.23. The largest absolute Gasteiger partial charge is 0.410 e. The Bertz CT molecular complexity index is 556. The Morgan fingerprint density at radius 1 is 1.50 bits per heavy atom. The molecule has 0 amide bonds. The van der Waals surface area contributed by atoms with Gasteiger partial charge < -0.3 is 10.1 Å². The van der Waals surface area contributed by atoms with Crippen molar-refractivity contribution in [1.82, 2.24) is 9.78 Å². The molecule has 0 aromatic carbocycles. The van der Waals surface area contributed by atoms with Gasteiger partial charge in [0.25, 0.3) is 0 Å². The minimum absolute atomic E-state index is 0.0164. The van der Waals surface area contributed by atoms with Crippen molar-refractivity contribution in [3.63, 3.8) is 0 Å². The van der Waals surface area contributed by atoms with Gasteiger partial charge in [-0.25, -0.2) is 13.6 Å². The molecule has 0 radical (unpaired) electrons. The molecule has 0 aliphatic rings. The molecular weight excluding hydrogens is 260 g/mol. The van der Waals surface area contributed by atoms with E-state index < -0.39 is 25.7 Å². The molecular formula is C9H16N4O4S. The molecule has 0 aliphatic heterocycles. The molecule has 1 rings (SSSR count). The van der Waals surface area contributed by atoms with Gasteiger partial charge in [0, 0.05) is 0 Å². The Labute approximate surface area is 105 Å². The number of rotatable bonds is 4. The van der Waals surface area contributed by atoms with E-state index in [-0.39, 0.29) is 5.41 Å². The van der Waals surface area contributed by atoms with Gasteiger partial charge in [-0.3, -0.25) is 0 Å². The first-order chi connectivity index (χ1) is 8.00. The van der Waals surface area contributed by atoms with E-state index in [1.807, 2.05) is 20.8 Å². The van der Waals surface area contributed by atoms with Gasteiger partial charge in [0.05, 0.1) is 17.8 Å². The van der Waals surface area contributed by atoms with E-state index in [4.69, 9.17) is 5.14 Å². The molecule has 18 heavy (non-hydrogen) atoms. The minimum atomic E-state index is -4.14. The molecule has 0 saturated carbocycles. The van der Waals surface area contributed by atoms with Crippen molar-refractivity contribution in [2.75, 3.05) is 0 Å². The topological polar surface area (TPSA) is 121 Å². The van der Waals surface area contributed by atoms with Gasteiger partial charge in [-0.2, -0.15) is 4.68 Å². The van der Waals surface area contributed by atoms with Crippen molar-refractivity contribution in [1.29, 1.82) is 0 Å². The minimum Gasteiger partial charge on any atom is -0.358 e. The maximum atomic E-state index is 11.2. The van der Waals surface area contributed by atoms with Crippen molar-refractivity contribution in [2.45, 2.75) is 38.6 Å². The second kappa shape index (κ2) is 4.65. The molecule has 0 aliphatic carbocycles. The van der Waals surface area contributed by atoms with Crippen LogP contribution in [0.1, 0.15) is 27.2 Å². The van der Waals surface area contributed by atoms with Crippen LogP contribution in [0, 0.1) is 15.5 Å². The summed E-state index contributed by atoms with van der Waals surface area (Å²) in [6.45, 7) is 6.41. The van der Waals surface area contributed by atoms with Crippen LogP contribution in [0.25, 0.3) is 0 Å². The molecule has 0 unspecified atom stereocenters. The molecule has 0 fully saturated rings. The number of hydrogen-bond donors (Lipinski definition) is 1. The maximum Gasteiger partial charge on any atom is 0.410 e. The molecule has 0 saturated heterocycles. The average molecular weight is 276 g/mol. The number of hydrogen-bond acceptors (Lipinski definition) is 5.